The van der Waals surface area contributed by atoms with Crippen molar-refractivity contribution in [2.75, 3.05) is 0 Å². The number of hydrogen-bond acceptors (Lipinski definition) is 0. The second-order valence-electron chi connectivity index (χ2n) is 9.15. The Morgan fingerprint density at radius 2 is 0.966 bits per heavy atom. The van der Waals surface area contributed by atoms with Crippen LogP contribution in [-0.2, 0) is 13.0 Å². The second-order valence-corrected chi connectivity index (χ2v) is 9.15. The van der Waals surface area contributed by atoms with Crippen molar-refractivity contribution in [3.8, 4) is 0 Å². The molecule has 168 valence electrons. The molecule has 1 heteroatoms. The lowest BCUT2D eigenvalue weighted by atomic mass is 10.0. The minimum Gasteiger partial charge on any atom is -0.202 e. The highest BCUT2D eigenvalue weighted by molar-refractivity contribution is 4.97. The van der Waals surface area contributed by atoms with Gasteiger partial charge in [0.05, 0.1) is 0 Å². The Morgan fingerprint density at radius 3 is 1.48 bits per heavy atom. The minimum absolute atomic E-state index is 1.20. The summed E-state index contributed by atoms with van der Waals surface area (Å²) in [6.45, 7) is 5.78. The van der Waals surface area contributed by atoms with Crippen molar-refractivity contribution in [3.05, 3.63) is 30.1 Å². The van der Waals surface area contributed by atoms with Crippen LogP contribution in [0.15, 0.2) is 24.4 Å². The standard InChI is InChI=1S/C28H52N/c1-3-5-7-8-9-10-11-12-13-14-15-16-17-18-19-20-24-28-25-21-23-27-29(28)26-22-6-4-2/h21,23,25,27H,3-20,22,24,26H2,1-2H3/q+1. The van der Waals surface area contributed by atoms with Crippen LogP contribution < -0.4 is 4.57 Å². The van der Waals surface area contributed by atoms with Gasteiger partial charge in [-0.25, -0.2) is 4.57 Å². The summed E-state index contributed by atoms with van der Waals surface area (Å²) in [5, 5.41) is 0. The number of rotatable bonds is 21. The number of unbranched alkanes of at least 4 members (excludes halogenated alkanes) is 17. The first-order chi connectivity index (χ1) is 14.4. The van der Waals surface area contributed by atoms with E-state index in [1.54, 1.807) is 0 Å². The van der Waals surface area contributed by atoms with Gasteiger partial charge in [-0.3, -0.25) is 0 Å². The average Bonchev–Trinajstić information content (AvgIpc) is 2.74. The van der Waals surface area contributed by atoms with Crippen LogP contribution in [0.5, 0.6) is 0 Å². The molecule has 0 aliphatic heterocycles. The van der Waals surface area contributed by atoms with Gasteiger partial charge < -0.3 is 0 Å². The fraction of sp³-hybridized carbons (Fsp3) is 0.821. The van der Waals surface area contributed by atoms with Crippen molar-refractivity contribution in [2.24, 2.45) is 0 Å². The molecule has 0 atom stereocenters. The molecule has 1 heterocycles. The zero-order valence-electron chi connectivity index (χ0n) is 20.1. The molecule has 0 unspecified atom stereocenters. The zero-order valence-corrected chi connectivity index (χ0v) is 20.1. The molecular weight excluding hydrogens is 350 g/mol. The highest BCUT2D eigenvalue weighted by Gasteiger charge is 2.08. The lowest BCUT2D eigenvalue weighted by molar-refractivity contribution is -0.704. The fourth-order valence-electron chi connectivity index (χ4n) is 4.34. The van der Waals surface area contributed by atoms with Gasteiger partial charge in [0, 0.05) is 25.0 Å². The summed E-state index contributed by atoms with van der Waals surface area (Å²) in [6, 6.07) is 6.72. The largest absolute Gasteiger partial charge is 0.202 e. The van der Waals surface area contributed by atoms with E-state index in [0.29, 0.717) is 0 Å². The molecule has 0 aliphatic carbocycles. The van der Waals surface area contributed by atoms with Gasteiger partial charge in [-0.1, -0.05) is 123 Å². The van der Waals surface area contributed by atoms with Gasteiger partial charge in [-0.05, 0) is 12.8 Å². The molecule has 0 saturated carbocycles. The molecule has 0 saturated heterocycles. The van der Waals surface area contributed by atoms with Crippen molar-refractivity contribution in [1.82, 2.24) is 0 Å². The molecule has 0 aromatic carbocycles. The van der Waals surface area contributed by atoms with Crippen molar-refractivity contribution >= 4 is 0 Å². The molecular formula is C28H52N+. The highest BCUT2D eigenvalue weighted by atomic mass is 14.9. The summed E-state index contributed by atoms with van der Waals surface area (Å²) in [5.74, 6) is 0. The number of aryl methyl sites for hydroxylation is 2. The van der Waals surface area contributed by atoms with Gasteiger partial charge in [0.2, 0.25) is 0 Å². The predicted molar refractivity (Wildman–Crippen MR) is 129 cm³/mol. The summed E-state index contributed by atoms with van der Waals surface area (Å²) in [6.07, 6.45) is 30.6. The number of nitrogens with zero attached hydrogens (tertiary/aromatic N) is 1. The Kier molecular flexibility index (Phi) is 18.4. The topological polar surface area (TPSA) is 3.88 Å². The van der Waals surface area contributed by atoms with E-state index in [9.17, 15) is 0 Å². The first-order valence-electron chi connectivity index (χ1n) is 13.4. The van der Waals surface area contributed by atoms with Crippen LogP contribution in [0.2, 0.25) is 0 Å². The molecule has 0 fully saturated rings. The number of pyridine rings is 1. The van der Waals surface area contributed by atoms with Crippen molar-refractivity contribution in [2.45, 2.75) is 149 Å². The third-order valence-corrected chi connectivity index (χ3v) is 6.32. The molecule has 1 aromatic heterocycles. The van der Waals surface area contributed by atoms with Crippen molar-refractivity contribution in [3.63, 3.8) is 0 Å². The Balaban J connectivity index is 1.88. The second kappa shape index (κ2) is 20.4. The van der Waals surface area contributed by atoms with Gasteiger partial charge in [-0.2, -0.15) is 0 Å². The first-order valence-corrected chi connectivity index (χ1v) is 13.4. The smallest absolute Gasteiger partial charge is 0.181 e. The van der Waals surface area contributed by atoms with Crippen molar-refractivity contribution in [1.29, 1.82) is 0 Å². The molecule has 29 heavy (non-hydrogen) atoms. The Morgan fingerprint density at radius 1 is 0.517 bits per heavy atom. The van der Waals surface area contributed by atoms with E-state index >= 15 is 0 Å². The van der Waals surface area contributed by atoms with E-state index in [0.717, 1.165) is 0 Å². The quantitative estimate of drug-likeness (QED) is 0.143. The summed E-state index contributed by atoms with van der Waals surface area (Å²) in [5.41, 5.74) is 1.54. The minimum atomic E-state index is 1.20. The van der Waals surface area contributed by atoms with E-state index < -0.39 is 0 Å². The highest BCUT2D eigenvalue weighted by Crippen LogP contribution is 2.14. The first kappa shape index (κ1) is 26.2. The molecule has 0 N–H and O–H groups in total. The van der Waals surface area contributed by atoms with E-state index in [1.807, 2.05) is 0 Å². The molecule has 0 bridgehead atoms. The fourth-order valence-corrected chi connectivity index (χ4v) is 4.34. The van der Waals surface area contributed by atoms with Gasteiger partial charge in [0.15, 0.2) is 11.9 Å². The van der Waals surface area contributed by atoms with Crippen LogP contribution in [0.25, 0.3) is 0 Å². The van der Waals surface area contributed by atoms with Gasteiger partial charge in [0.25, 0.3) is 0 Å². The molecule has 1 rings (SSSR count). The molecule has 1 nitrogen and oxygen atoms in total. The summed E-state index contributed by atoms with van der Waals surface area (Å²) in [7, 11) is 0. The van der Waals surface area contributed by atoms with Gasteiger partial charge in [0.1, 0.15) is 6.54 Å². The van der Waals surface area contributed by atoms with E-state index in [-0.39, 0.29) is 0 Å². The molecule has 0 radical (unpaired) electrons. The van der Waals surface area contributed by atoms with E-state index in [1.165, 1.54) is 141 Å². The van der Waals surface area contributed by atoms with E-state index in [2.05, 4.69) is 42.8 Å². The normalized spacial score (nSPS) is 11.2. The average molecular weight is 403 g/mol. The third kappa shape index (κ3) is 15.6. The van der Waals surface area contributed by atoms with Gasteiger partial charge in [-0.15, -0.1) is 0 Å². The van der Waals surface area contributed by atoms with Gasteiger partial charge >= 0.3 is 0 Å². The maximum atomic E-state index is 2.49. The van der Waals surface area contributed by atoms with Crippen LogP contribution in [0.1, 0.15) is 142 Å². The maximum absolute atomic E-state index is 2.49. The Bertz CT molecular complexity index is 453. The Hall–Kier alpha value is -0.850. The summed E-state index contributed by atoms with van der Waals surface area (Å²) < 4.78 is 2.49. The molecule has 0 spiro atoms. The summed E-state index contributed by atoms with van der Waals surface area (Å²) in [4.78, 5) is 0. The van der Waals surface area contributed by atoms with Crippen LogP contribution >= 0.6 is 0 Å². The molecule has 0 aliphatic rings. The molecule has 0 amide bonds. The monoisotopic (exact) mass is 402 g/mol. The number of aromatic nitrogens is 1. The predicted octanol–water partition coefficient (Wildman–Crippen LogP) is 8.97. The van der Waals surface area contributed by atoms with Crippen LogP contribution in [0.4, 0.5) is 0 Å². The lowest BCUT2D eigenvalue weighted by Gasteiger charge is -2.05. The maximum Gasteiger partial charge on any atom is 0.181 e. The van der Waals surface area contributed by atoms with Crippen LogP contribution in [0.3, 0.4) is 0 Å². The van der Waals surface area contributed by atoms with Crippen LogP contribution in [-0.4, -0.2) is 0 Å². The van der Waals surface area contributed by atoms with Crippen molar-refractivity contribution < 1.29 is 4.57 Å². The van der Waals surface area contributed by atoms with Crippen LogP contribution in [0, 0.1) is 0 Å². The Labute approximate surface area is 183 Å². The zero-order chi connectivity index (χ0) is 20.8. The van der Waals surface area contributed by atoms with E-state index in [4.69, 9.17) is 0 Å². The summed E-state index contributed by atoms with van der Waals surface area (Å²) >= 11 is 0. The SMILES string of the molecule is CCCCCCCCCCCCCCCCCCc1cccc[n+]1CCCCC. The molecule has 1 aromatic rings. The number of hydrogen-bond donors (Lipinski definition) is 0. The lowest BCUT2D eigenvalue weighted by Crippen LogP contribution is -2.37. The third-order valence-electron chi connectivity index (χ3n) is 6.32.